The van der Waals surface area contributed by atoms with Crippen molar-refractivity contribution in [3.8, 4) is 11.3 Å². The van der Waals surface area contributed by atoms with Crippen molar-refractivity contribution >= 4 is 44.7 Å². The van der Waals surface area contributed by atoms with E-state index in [-0.39, 0.29) is 18.2 Å². The number of halogens is 1. The van der Waals surface area contributed by atoms with Gasteiger partial charge in [-0.05, 0) is 31.2 Å². The van der Waals surface area contributed by atoms with Gasteiger partial charge in [0.15, 0.2) is 0 Å². The third-order valence-electron chi connectivity index (χ3n) is 4.44. The number of carbonyl (C=O) groups excluding carboxylic acids is 1. The number of carbonyl (C=O) groups is 1. The van der Waals surface area contributed by atoms with E-state index in [1.165, 1.54) is 17.4 Å². The van der Waals surface area contributed by atoms with E-state index < -0.39 is 10.0 Å². The SMILES string of the molecule is Cc1sc(CNC(=O)C2=CN3CCS(=O)(=O)N=C3C=C2)nc1-c1ccc(Cl)cc1. The Morgan fingerprint density at radius 2 is 2.03 bits per heavy atom. The number of aromatic nitrogens is 1. The number of benzene rings is 1. The molecule has 1 aromatic heterocycles. The molecular formula is C19H17ClN4O3S2. The number of nitrogens with one attached hydrogen (secondary N) is 1. The van der Waals surface area contributed by atoms with E-state index >= 15 is 0 Å². The van der Waals surface area contributed by atoms with Crippen molar-refractivity contribution in [2.24, 2.45) is 4.40 Å². The van der Waals surface area contributed by atoms with Gasteiger partial charge in [0.1, 0.15) is 10.8 Å². The third-order valence-corrected chi connectivity index (χ3v) is 6.83. The average molecular weight is 449 g/mol. The molecule has 0 radical (unpaired) electrons. The highest BCUT2D eigenvalue weighted by Crippen LogP contribution is 2.28. The van der Waals surface area contributed by atoms with Crippen LogP contribution in [0.3, 0.4) is 0 Å². The molecule has 1 amide bonds. The molecule has 0 aliphatic carbocycles. The Labute approximate surface area is 177 Å². The number of hydrogen-bond acceptors (Lipinski definition) is 6. The molecular weight excluding hydrogens is 432 g/mol. The summed E-state index contributed by atoms with van der Waals surface area (Å²) in [6, 6.07) is 7.48. The average Bonchev–Trinajstić information content (AvgIpc) is 3.06. The van der Waals surface area contributed by atoms with Gasteiger partial charge in [-0.1, -0.05) is 23.7 Å². The number of rotatable bonds is 4. The lowest BCUT2D eigenvalue weighted by atomic mass is 10.1. The fraction of sp³-hybridized carbons (Fsp3) is 0.211. The molecule has 0 unspecified atom stereocenters. The number of sulfonamides is 1. The molecule has 0 saturated heterocycles. The molecule has 150 valence electrons. The Bertz CT molecular complexity index is 1160. The number of hydrogen-bond donors (Lipinski definition) is 1. The van der Waals surface area contributed by atoms with Crippen LogP contribution in [0.5, 0.6) is 0 Å². The number of amides is 1. The fourth-order valence-corrected chi connectivity index (χ4v) is 4.99. The fourth-order valence-electron chi connectivity index (χ4n) is 3.00. The lowest BCUT2D eigenvalue weighted by Gasteiger charge is -2.26. The molecule has 4 rings (SSSR count). The molecule has 29 heavy (non-hydrogen) atoms. The molecule has 0 spiro atoms. The summed E-state index contributed by atoms with van der Waals surface area (Å²) in [4.78, 5) is 19.9. The lowest BCUT2D eigenvalue weighted by molar-refractivity contribution is -0.117. The standard InChI is InChI=1S/C19H17ClN4O3S2/c1-12-18(13-2-5-15(20)6-3-13)22-17(28-12)10-21-19(25)14-4-7-16-23-29(26,27)9-8-24(16)11-14/h2-7,11H,8-10H2,1H3,(H,21,25). The molecule has 0 fully saturated rings. The minimum absolute atomic E-state index is 0.0679. The van der Waals surface area contributed by atoms with Crippen molar-refractivity contribution in [3.63, 3.8) is 0 Å². The van der Waals surface area contributed by atoms with E-state index in [0.717, 1.165) is 21.1 Å². The molecule has 2 aromatic rings. The molecule has 7 nitrogen and oxygen atoms in total. The summed E-state index contributed by atoms with van der Waals surface area (Å²) >= 11 is 7.47. The summed E-state index contributed by atoms with van der Waals surface area (Å²) in [7, 11) is -3.41. The van der Waals surface area contributed by atoms with Gasteiger partial charge in [-0.3, -0.25) is 4.79 Å². The summed E-state index contributed by atoms with van der Waals surface area (Å²) in [5, 5.41) is 4.33. The van der Waals surface area contributed by atoms with Gasteiger partial charge < -0.3 is 10.2 Å². The minimum atomic E-state index is -3.41. The van der Waals surface area contributed by atoms with Gasteiger partial charge in [0, 0.05) is 28.2 Å². The van der Waals surface area contributed by atoms with Crippen LogP contribution in [0.25, 0.3) is 11.3 Å². The van der Waals surface area contributed by atoms with Gasteiger partial charge in [0.25, 0.3) is 15.9 Å². The Morgan fingerprint density at radius 1 is 1.28 bits per heavy atom. The minimum Gasteiger partial charge on any atom is -0.345 e. The van der Waals surface area contributed by atoms with Crippen LogP contribution in [0.15, 0.2) is 52.6 Å². The van der Waals surface area contributed by atoms with E-state index in [2.05, 4.69) is 14.7 Å². The number of nitrogens with zero attached hydrogens (tertiary/aromatic N) is 3. The van der Waals surface area contributed by atoms with Crippen LogP contribution in [0.4, 0.5) is 0 Å². The Balaban J connectivity index is 1.43. The van der Waals surface area contributed by atoms with Gasteiger partial charge >= 0.3 is 0 Å². The molecule has 0 bridgehead atoms. The molecule has 1 aromatic carbocycles. The van der Waals surface area contributed by atoms with E-state index in [1.807, 2.05) is 31.2 Å². The maximum Gasteiger partial charge on any atom is 0.256 e. The van der Waals surface area contributed by atoms with Crippen molar-refractivity contribution in [1.82, 2.24) is 15.2 Å². The van der Waals surface area contributed by atoms with Crippen molar-refractivity contribution in [2.75, 3.05) is 12.3 Å². The van der Waals surface area contributed by atoms with Crippen molar-refractivity contribution < 1.29 is 13.2 Å². The summed E-state index contributed by atoms with van der Waals surface area (Å²) < 4.78 is 26.8. The first-order valence-electron chi connectivity index (χ1n) is 8.80. The largest absolute Gasteiger partial charge is 0.345 e. The molecule has 2 aliphatic rings. The second-order valence-electron chi connectivity index (χ2n) is 6.55. The second-order valence-corrected chi connectivity index (χ2v) is 10.0. The van der Waals surface area contributed by atoms with Crippen LogP contribution in [0, 0.1) is 6.92 Å². The quantitative estimate of drug-likeness (QED) is 0.776. The maximum atomic E-state index is 12.5. The van der Waals surface area contributed by atoms with E-state index in [0.29, 0.717) is 23.0 Å². The van der Waals surface area contributed by atoms with Crippen LogP contribution in [0.2, 0.25) is 5.02 Å². The molecule has 10 heteroatoms. The first-order chi connectivity index (χ1) is 13.8. The zero-order chi connectivity index (χ0) is 20.6. The summed E-state index contributed by atoms with van der Waals surface area (Å²) in [5.74, 6) is 0.00676. The van der Waals surface area contributed by atoms with Crippen LogP contribution in [0.1, 0.15) is 9.88 Å². The van der Waals surface area contributed by atoms with Crippen molar-refractivity contribution in [2.45, 2.75) is 13.5 Å². The highest BCUT2D eigenvalue weighted by atomic mass is 35.5. The Hall–Kier alpha value is -2.49. The van der Waals surface area contributed by atoms with Crippen LogP contribution >= 0.6 is 22.9 Å². The van der Waals surface area contributed by atoms with Gasteiger partial charge in [0.05, 0.1) is 23.6 Å². The summed E-state index contributed by atoms with van der Waals surface area (Å²) in [6.45, 7) is 2.57. The number of fused-ring (bicyclic) bond motifs is 1. The second kappa shape index (κ2) is 7.74. The highest BCUT2D eigenvalue weighted by molar-refractivity contribution is 7.90. The number of amidine groups is 1. The Morgan fingerprint density at radius 3 is 2.79 bits per heavy atom. The van der Waals surface area contributed by atoms with Gasteiger partial charge in [-0.2, -0.15) is 0 Å². The normalized spacial score (nSPS) is 17.4. The van der Waals surface area contributed by atoms with Gasteiger partial charge in [-0.15, -0.1) is 15.7 Å². The molecule has 3 heterocycles. The zero-order valence-electron chi connectivity index (χ0n) is 15.4. The number of thiazole rings is 1. The number of aryl methyl sites for hydroxylation is 1. The van der Waals surface area contributed by atoms with E-state index in [4.69, 9.17) is 11.6 Å². The highest BCUT2D eigenvalue weighted by Gasteiger charge is 2.25. The Kier molecular flexibility index (Phi) is 5.28. The smallest absolute Gasteiger partial charge is 0.256 e. The van der Waals surface area contributed by atoms with Crippen LogP contribution in [-0.4, -0.2) is 42.3 Å². The topological polar surface area (TPSA) is 91.7 Å². The van der Waals surface area contributed by atoms with Crippen LogP contribution in [-0.2, 0) is 21.4 Å². The predicted octanol–water partition coefficient (Wildman–Crippen LogP) is 2.89. The third kappa shape index (κ3) is 4.42. The monoisotopic (exact) mass is 448 g/mol. The lowest BCUT2D eigenvalue weighted by Crippen LogP contribution is -2.38. The van der Waals surface area contributed by atoms with Crippen molar-refractivity contribution in [3.05, 3.63) is 63.1 Å². The van der Waals surface area contributed by atoms with Gasteiger partial charge in [-0.25, -0.2) is 13.4 Å². The van der Waals surface area contributed by atoms with E-state index in [9.17, 15) is 13.2 Å². The summed E-state index contributed by atoms with van der Waals surface area (Å²) in [5.41, 5.74) is 2.29. The summed E-state index contributed by atoms with van der Waals surface area (Å²) in [6.07, 6.45) is 4.73. The maximum absolute atomic E-state index is 12.5. The molecule has 0 saturated carbocycles. The molecule has 2 aliphatic heterocycles. The predicted molar refractivity (Wildman–Crippen MR) is 114 cm³/mol. The van der Waals surface area contributed by atoms with Crippen molar-refractivity contribution in [1.29, 1.82) is 0 Å². The zero-order valence-corrected chi connectivity index (χ0v) is 17.8. The van der Waals surface area contributed by atoms with Crippen LogP contribution < -0.4 is 5.32 Å². The van der Waals surface area contributed by atoms with E-state index in [1.54, 1.807) is 17.2 Å². The first kappa shape index (κ1) is 19.8. The molecule has 0 atom stereocenters. The van der Waals surface area contributed by atoms with Gasteiger partial charge in [0.2, 0.25) is 0 Å². The first-order valence-corrected chi connectivity index (χ1v) is 11.6. The molecule has 1 N–H and O–H groups in total.